The maximum Gasteiger partial charge on any atom is 0.321 e. The maximum atomic E-state index is 12.1. The zero-order chi connectivity index (χ0) is 19.9. The van der Waals surface area contributed by atoms with E-state index in [0.29, 0.717) is 13.1 Å². The first-order valence-electron chi connectivity index (χ1n) is 10.1. The number of rotatable bonds is 5. The van der Waals surface area contributed by atoms with E-state index in [1.165, 1.54) is 0 Å². The first-order valence-corrected chi connectivity index (χ1v) is 10.1. The molecule has 1 aliphatic heterocycles. The van der Waals surface area contributed by atoms with Gasteiger partial charge in [-0.25, -0.2) is 4.79 Å². The van der Waals surface area contributed by atoms with E-state index < -0.39 is 0 Å². The van der Waals surface area contributed by atoms with Gasteiger partial charge in [-0.05, 0) is 53.1 Å². The molecule has 0 spiro atoms. The summed E-state index contributed by atoms with van der Waals surface area (Å²) in [5.41, 5.74) is -0.230. The molecule has 0 radical (unpaired) electrons. The molecule has 154 valence electrons. The number of hydrogen-bond donors (Lipinski definition) is 3. The molecule has 0 aromatic rings. The van der Waals surface area contributed by atoms with Crippen LogP contribution in [0.5, 0.6) is 0 Å². The molecule has 8 nitrogen and oxygen atoms in total. The van der Waals surface area contributed by atoms with E-state index in [9.17, 15) is 14.4 Å². The number of carbonyl (C=O) groups excluding carboxylic acids is 3. The standard InChI is InChI=1S/C19H35N5O3/c1-19(2,3)22-17(26)14-24-10-6-9-23(11-12-24)13-16(25)21-18(27)20-15-7-4-5-8-15/h15H,4-14H2,1-3H3,(H,22,26)(H2,20,21,25,27). The van der Waals surface area contributed by atoms with Crippen LogP contribution in [0.25, 0.3) is 0 Å². The highest BCUT2D eigenvalue weighted by molar-refractivity contribution is 5.95. The van der Waals surface area contributed by atoms with Gasteiger partial charge in [0.2, 0.25) is 11.8 Å². The zero-order valence-corrected chi connectivity index (χ0v) is 17.0. The van der Waals surface area contributed by atoms with Crippen molar-refractivity contribution in [1.82, 2.24) is 25.8 Å². The SMILES string of the molecule is CC(C)(C)NC(=O)CN1CCCN(CC(=O)NC(=O)NC2CCCC2)CC1. The van der Waals surface area contributed by atoms with Crippen LogP contribution in [-0.4, -0.2) is 78.5 Å². The molecular formula is C19H35N5O3. The van der Waals surface area contributed by atoms with Crippen molar-refractivity contribution >= 4 is 17.8 Å². The number of carbonyl (C=O) groups is 3. The lowest BCUT2D eigenvalue weighted by molar-refractivity contribution is -0.124. The third-order valence-corrected chi connectivity index (χ3v) is 4.87. The van der Waals surface area contributed by atoms with Gasteiger partial charge in [-0.15, -0.1) is 0 Å². The molecule has 0 aromatic heterocycles. The molecule has 2 fully saturated rings. The molecule has 2 rings (SSSR count). The molecule has 1 heterocycles. The van der Waals surface area contributed by atoms with Crippen molar-refractivity contribution in [3.8, 4) is 0 Å². The number of nitrogens with one attached hydrogen (secondary N) is 3. The molecule has 0 aromatic carbocycles. The predicted molar refractivity (Wildman–Crippen MR) is 104 cm³/mol. The number of hydrogen-bond acceptors (Lipinski definition) is 5. The van der Waals surface area contributed by atoms with Gasteiger partial charge in [0.05, 0.1) is 13.1 Å². The summed E-state index contributed by atoms with van der Waals surface area (Å²) in [5, 5.41) is 8.28. The fourth-order valence-electron chi connectivity index (χ4n) is 3.66. The van der Waals surface area contributed by atoms with E-state index in [4.69, 9.17) is 0 Å². The molecular weight excluding hydrogens is 346 g/mol. The number of urea groups is 1. The lowest BCUT2D eigenvalue weighted by atomic mass is 10.1. The van der Waals surface area contributed by atoms with Crippen molar-refractivity contribution in [2.75, 3.05) is 39.3 Å². The highest BCUT2D eigenvalue weighted by Gasteiger charge is 2.22. The topological polar surface area (TPSA) is 93.8 Å². The Labute approximate surface area is 162 Å². The summed E-state index contributed by atoms with van der Waals surface area (Å²) in [4.78, 5) is 40.3. The number of amides is 4. The number of nitrogens with zero attached hydrogens (tertiary/aromatic N) is 2. The molecule has 1 aliphatic carbocycles. The first kappa shape index (κ1) is 21.6. The highest BCUT2D eigenvalue weighted by Crippen LogP contribution is 2.17. The highest BCUT2D eigenvalue weighted by atomic mass is 16.2. The maximum absolute atomic E-state index is 12.1. The molecule has 8 heteroatoms. The van der Waals surface area contributed by atoms with Gasteiger partial charge in [0, 0.05) is 24.7 Å². The van der Waals surface area contributed by atoms with E-state index in [-0.39, 0.29) is 36.0 Å². The van der Waals surface area contributed by atoms with Crippen LogP contribution in [0.3, 0.4) is 0 Å². The molecule has 27 heavy (non-hydrogen) atoms. The van der Waals surface area contributed by atoms with Gasteiger partial charge in [0.15, 0.2) is 0 Å². The van der Waals surface area contributed by atoms with Crippen LogP contribution in [0.15, 0.2) is 0 Å². The van der Waals surface area contributed by atoms with Gasteiger partial charge in [0.25, 0.3) is 0 Å². The van der Waals surface area contributed by atoms with Gasteiger partial charge in [-0.3, -0.25) is 24.7 Å². The Bertz CT molecular complexity index is 526. The Morgan fingerprint density at radius 3 is 1.96 bits per heavy atom. The second-order valence-corrected chi connectivity index (χ2v) is 8.71. The Kier molecular flexibility index (Phi) is 8.04. The first-order chi connectivity index (χ1) is 12.7. The predicted octanol–water partition coefficient (Wildman–Crippen LogP) is 0.677. The van der Waals surface area contributed by atoms with Crippen molar-refractivity contribution in [3.63, 3.8) is 0 Å². The van der Waals surface area contributed by atoms with Gasteiger partial charge < -0.3 is 10.6 Å². The van der Waals surface area contributed by atoms with E-state index in [2.05, 4.69) is 20.9 Å². The second-order valence-electron chi connectivity index (χ2n) is 8.71. The molecule has 0 atom stereocenters. The zero-order valence-electron chi connectivity index (χ0n) is 17.0. The third-order valence-electron chi connectivity index (χ3n) is 4.87. The fraction of sp³-hybridized carbons (Fsp3) is 0.842. The van der Waals surface area contributed by atoms with Crippen LogP contribution < -0.4 is 16.0 Å². The molecule has 0 unspecified atom stereocenters. The summed E-state index contributed by atoms with van der Waals surface area (Å²) >= 11 is 0. The molecule has 1 saturated carbocycles. The Morgan fingerprint density at radius 2 is 1.41 bits per heavy atom. The minimum absolute atomic E-state index is 0.0253. The smallest absolute Gasteiger partial charge is 0.321 e. The van der Waals surface area contributed by atoms with Crippen LogP contribution in [0.2, 0.25) is 0 Å². The molecule has 0 bridgehead atoms. The summed E-state index contributed by atoms with van der Waals surface area (Å²) in [5.74, 6) is -0.248. The van der Waals surface area contributed by atoms with Gasteiger partial charge >= 0.3 is 6.03 Å². The largest absolute Gasteiger partial charge is 0.350 e. The van der Waals surface area contributed by atoms with Crippen molar-refractivity contribution in [3.05, 3.63) is 0 Å². The van der Waals surface area contributed by atoms with E-state index in [1.807, 2.05) is 25.7 Å². The lowest BCUT2D eigenvalue weighted by Gasteiger charge is -2.25. The van der Waals surface area contributed by atoms with Crippen LogP contribution in [0.1, 0.15) is 52.9 Å². The minimum Gasteiger partial charge on any atom is -0.350 e. The van der Waals surface area contributed by atoms with Gasteiger partial charge in [0.1, 0.15) is 0 Å². The van der Waals surface area contributed by atoms with E-state index in [0.717, 1.165) is 51.7 Å². The molecule has 3 N–H and O–H groups in total. The fourth-order valence-corrected chi connectivity index (χ4v) is 3.66. The quantitative estimate of drug-likeness (QED) is 0.651. The van der Waals surface area contributed by atoms with Crippen molar-refractivity contribution in [1.29, 1.82) is 0 Å². The Hall–Kier alpha value is -1.67. The molecule has 2 aliphatic rings. The monoisotopic (exact) mass is 381 g/mol. The van der Waals surface area contributed by atoms with Crippen LogP contribution >= 0.6 is 0 Å². The normalized spacial score (nSPS) is 20.1. The Balaban J connectivity index is 1.68. The second kappa shape index (κ2) is 10.0. The van der Waals surface area contributed by atoms with Gasteiger partial charge in [-0.2, -0.15) is 0 Å². The number of imide groups is 1. The molecule has 1 saturated heterocycles. The average Bonchev–Trinajstić information content (AvgIpc) is 2.93. The third kappa shape index (κ3) is 8.71. The van der Waals surface area contributed by atoms with E-state index in [1.54, 1.807) is 0 Å². The summed E-state index contributed by atoms with van der Waals surface area (Å²) in [7, 11) is 0. The Morgan fingerprint density at radius 1 is 0.852 bits per heavy atom. The average molecular weight is 382 g/mol. The van der Waals surface area contributed by atoms with Crippen molar-refractivity contribution in [2.24, 2.45) is 0 Å². The van der Waals surface area contributed by atoms with Crippen LogP contribution in [0.4, 0.5) is 4.79 Å². The van der Waals surface area contributed by atoms with Crippen molar-refractivity contribution in [2.45, 2.75) is 64.5 Å². The lowest BCUT2D eigenvalue weighted by Crippen LogP contribution is -2.48. The summed E-state index contributed by atoms with van der Waals surface area (Å²) in [6, 6.07) is -0.189. The van der Waals surface area contributed by atoms with E-state index >= 15 is 0 Å². The van der Waals surface area contributed by atoms with Crippen molar-refractivity contribution < 1.29 is 14.4 Å². The van der Waals surface area contributed by atoms with Crippen LogP contribution in [0, 0.1) is 0 Å². The molecule has 4 amide bonds. The minimum atomic E-state index is -0.387. The summed E-state index contributed by atoms with van der Waals surface area (Å²) in [6.45, 7) is 9.55. The van der Waals surface area contributed by atoms with Crippen LogP contribution in [-0.2, 0) is 9.59 Å². The summed E-state index contributed by atoms with van der Waals surface area (Å²) < 4.78 is 0. The van der Waals surface area contributed by atoms with Gasteiger partial charge in [-0.1, -0.05) is 12.8 Å². The summed E-state index contributed by atoms with van der Waals surface area (Å²) in [6.07, 6.45) is 5.15.